The van der Waals surface area contributed by atoms with E-state index in [4.69, 9.17) is 11.6 Å². The first kappa shape index (κ1) is 17.7. The lowest BCUT2D eigenvalue weighted by Crippen LogP contribution is -2.51. The number of hydrogen-bond donors (Lipinski definition) is 1. The number of aromatic nitrogens is 1. The molecule has 27 heavy (non-hydrogen) atoms. The minimum absolute atomic E-state index is 0.256. The minimum atomic E-state index is -0.341. The van der Waals surface area contributed by atoms with Gasteiger partial charge in [-0.25, -0.2) is 4.98 Å². The molecule has 3 aliphatic rings. The van der Waals surface area contributed by atoms with Crippen molar-refractivity contribution in [1.82, 2.24) is 15.2 Å². The Kier molecular flexibility index (Phi) is 4.49. The highest BCUT2D eigenvalue weighted by molar-refractivity contribution is 7.07. The molecule has 3 heterocycles. The normalized spacial score (nSPS) is 30.0. The number of carbonyl (C=O) groups excluding carboxylic acids is 1. The lowest BCUT2D eigenvalue weighted by Gasteiger charge is -2.36. The Labute approximate surface area is 168 Å². The van der Waals surface area contributed by atoms with Gasteiger partial charge in [-0.3, -0.25) is 9.69 Å². The van der Waals surface area contributed by atoms with Crippen molar-refractivity contribution in [2.24, 2.45) is 5.41 Å². The SMILES string of the molecule is O=C(NC1CC1)[C@@]1(Cc2cscn2)C[C@H]2CC[C@@H]1N2Cc1ccc(Cl)cc1. The Morgan fingerprint density at radius 2 is 2.07 bits per heavy atom. The third-order valence-corrected chi connectivity index (χ3v) is 7.39. The highest BCUT2D eigenvalue weighted by Crippen LogP contribution is 2.52. The van der Waals surface area contributed by atoms with Crippen LogP contribution in [-0.4, -0.2) is 33.9 Å². The van der Waals surface area contributed by atoms with Crippen molar-refractivity contribution in [2.75, 3.05) is 0 Å². The third-order valence-electron chi connectivity index (χ3n) is 6.50. The molecule has 1 saturated carbocycles. The van der Waals surface area contributed by atoms with Crippen molar-refractivity contribution in [3.8, 4) is 0 Å². The molecule has 0 spiro atoms. The largest absolute Gasteiger partial charge is 0.353 e. The second-order valence-electron chi connectivity index (χ2n) is 8.31. The van der Waals surface area contributed by atoms with Gasteiger partial charge < -0.3 is 5.32 Å². The number of carbonyl (C=O) groups is 1. The topological polar surface area (TPSA) is 45.2 Å². The Hall–Kier alpha value is -1.43. The summed E-state index contributed by atoms with van der Waals surface area (Å²) >= 11 is 7.66. The van der Waals surface area contributed by atoms with E-state index in [1.54, 1.807) is 11.3 Å². The third kappa shape index (κ3) is 3.30. The van der Waals surface area contributed by atoms with Gasteiger partial charge in [0.05, 0.1) is 16.6 Å². The van der Waals surface area contributed by atoms with E-state index in [2.05, 4.69) is 32.7 Å². The molecule has 2 aliphatic heterocycles. The van der Waals surface area contributed by atoms with Gasteiger partial charge >= 0.3 is 0 Å². The van der Waals surface area contributed by atoms with Gasteiger partial charge in [-0.1, -0.05) is 23.7 Å². The maximum Gasteiger partial charge on any atom is 0.228 e. The molecule has 0 unspecified atom stereocenters. The van der Waals surface area contributed by atoms with Gasteiger partial charge in [0, 0.05) is 41.5 Å². The lowest BCUT2D eigenvalue weighted by molar-refractivity contribution is -0.133. The van der Waals surface area contributed by atoms with Crippen LogP contribution in [-0.2, 0) is 17.8 Å². The summed E-state index contributed by atoms with van der Waals surface area (Å²) in [4.78, 5) is 20.5. The summed E-state index contributed by atoms with van der Waals surface area (Å²) in [5.74, 6) is 0.256. The van der Waals surface area contributed by atoms with E-state index in [1.165, 1.54) is 12.0 Å². The van der Waals surface area contributed by atoms with Crippen LogP contribution in [0.1, 0.15) is 43.4 Å². The average molecular weight is 402 g/mol. The summed E-state index contributed by atoms with van der Waals surface area (Å²) in [6, 6.07) is 9.29. The highest BCUT2D eigenvalue weighted by atomic mass is 35.5. The van der Waals surface area contributed by atoms with E-state index in [0.29, 0.717) is 18.1 Å². The summed E-state index contributed by atoms with van der Waals surface area (Å²) in [6.07, 6.45) is 6.24. The van der Waals surface area contributed by atoms with E-state index in [-0.39, 0.29) is 11.3 Å². The maximum atomic E-state index is 13.4. The molecule has 4 nitrogen and oxygen atoms in total. The fourth-order valence-electron chi connectivity index (χ4n) is 5.06. The van der Waals surface area contributed by atoms with Crippen molar-refractivity contribution in [3.05, 3.63) is 51.4 Å². The van der Waals surface area contributed by atoms with Crippen LogP contribution in [0.15, 0.2) is 35.2 Å². The van der Waals surface area contributed by atoms with Crippen LogP contribution in [0.25, 0.3) is 0 Å². The summed E-state index contributed by atoms with van der Waals surface area (Å²) in [5.41, 5.74) is 3.86. The molecule has 6 heteroatoms. The molecule has 1 aromatic heterocycles. The van der Waals surface area contributed by atoms with Gasteiger partial charge in [0.25, 0.3) is 0 Å². The number of nitrogens with zero attached hydrogens (tertiary/aromatic N) is 2. The molecule has 0 radical (unpaired) electrons. The summed E-state index contributed by atoms with van der Waals surface area (Å²) in [7, 11) is 0. The number of halogens is 1. The van der Waals surface area contributed by atoms with Crippen LogP contribution >= 0.6 is 22.9 Å². The molecule has 1 N–H and O–H groups in total. The number of benzene rings is 1. The van der Waals surface area contributed by atoms with E-state index in [0.717, 1.165) is 49.4 Å². The van der Waals surface area contributed by atoms with Crippen LogP contribution in [0.4, 0.5) is 0 Å². The van der Waals surface area contributed by atoms with E-state index >= 15 is 0 Å². The fourth-order valence-corrected chi connectivity index (χ4v) is 5.75. The maximum absolute atomic E-state index is 13.4. The van der Waals surface area contributed by atoms with Crippen molar-refractivity contribution in [1.29, 1.82) is 0 Å². The predicted octanol–water partition coefficient (Wildman–Crippen LogP) is 4.04. The molecule has 2 aromatic rings. The van der Waals surface area contributed by atoms with Crippen molar-refractivity contribution in [3.63, 3.8) is 0 Å². The number of fused-ring (bicyclic) bond motifs is 2. The Balaban J connectivity index is 1.42. The number of rotatable bonds is 6. The van der Waals surface area contributed by atoms with Gasteiger partial charge in [-0.15, -0.1) is 11.3 Å². The fraction of sp³-hybridized carbons (Fsp3) is 0.524. The zero-order chi connectivity index (χ0) is 18.4. The summed E-state index contributed by atoms with van der Waals surface area (Å²) in [5, 5.41) is 6.19. The Morgan fingerprint density at radius 1 is 1.26 bits per heavy atom. The van der Waals surface area contributed by atoms with Gasteiger partial charge in [0.2, 0.25) is 5.91 Å². The van der Waals surface area contributed by atoms with Crippen molar-refractivity contribution < 1.29 is 4.79 Å². The Bertz CT molecular complexity index is 820. The van der Waals surface area contributed by atoms with E-state index in [9.17, 15) is 4.79 Å². The molecule has 2 bridgehead atoms. The first-order valence-corrected chi connectivity index (χ1v) is 11.1. The molecule has 5 rings (SSSR count). The van der Waals surface area contributed by atoms with Crippen molar-refractivity contribution >= 4 is 28.8 Å². The first-order chi connectivity index (χ1) is 13.1. The van der Waals surface area contributed by atoms with E-state index < -0.39 is 0 Å². The molecule has 3 atom stereocenters. The van der Waals surface area contributed by atoms with Crippen LogP contribution in [0.3, 0.4) is 0 Å². The van der Waals surface area contributed by atoms with Crippen LogP contribution in [0.2, 0.25) is 5.02 Å². The standard InChI is InChI=1S/C21H24ClN3OS/c22-15-3-1-14(2-4-15)11-25-18-7-8-19(25)21(10-18,9-17-12-27-13-23-17)20(26)24-16-5-6-16/h1-4,12-13,16,18-19H,5-11H2,(H,24,26)/t18-,19+,21+/m1/s1. The molecular weight excluding hydrogens is 378 g/mol. The smallest absolute Gasteiger partial charge is 0.228 e. The van der Waals surface area contributed by atoms with Crippen LogP contribution < -0.4 is 5.32 Å². The first-order valence-electron chi connectivity index (χ1n) is 9.82. The minimum Gasteiger partial charge on any atom is -0.353 e. The average Bonchev–Trinajstić information content (AvgIpc) is 3.07. The zero-order valence-corrected chi connectivity index (χ0v) is 16.8. The number of thiazole rings is 1. The number of amides is 1. The monoisotopic (exact) mass is 401 g/mol. The molecule has 2 saturated heterocycles. The van der Waals surface area contributed by atoms with E-state index in [1.807, 2.05) is 17.6 Å². The lowest BCUT2D eigenvalue weighted by atomic mass is 9.70. The summed E-state index contributed by atoms with van der Waals surface area (Å²) in [6.45, 7) is 0.891. The zero-order valence-electron chi connectivity index (χ0n) is 15.2. The van der Waals surface area contributed by atoms with Crippen LogP contribution in [0.5, 0.6) is 0 Å². The number of hydrogen-bond acceptors (Lipinski definition) is 4. The number of nitrogens with one attached hydrogen (secondary N) is 1. The molecule has 1 amide bonds. The van der Waals surface area contributed by atoms with Gasteiger partial charge in [-0.05, 0) is 49.8 Å². The summed E-state index contributed by atoms with van der Waals surface area (Å²) < 4.78 is 0. The second-order valence-corrected chi connectivity index (χ2v) is 9.47. The van der Waals surface area contributed by atoms with Gasteiger partial charge in [0.1, 0.15) is 0 Å². The second kappa shape index (κ2) is 6.87. The highest BCUT2D eigenvalue weighted by Gasteiger charge is 2.60. The molecule has 142 valence electrons. The van der Waals surface area contributed by atoms with Gasteiger partial charge in [0.15, 0.2) is 0 Å². The molecule has 3 fully saturated rings. The molecular formula is C21H24ClN3OS. The van der Waals surface area contributed by atoms with Crippen LogP contribution in [0, 0.1) is 5.41 Å². The van der Waals surface area contributed by atoms with Gasteiger partial charge in [-0.2, -0.15) is 0 Å². The molecule has 1 aliphatic carbocycles. The van der Waals surface area contributed by atoms with Crippen molar-refractivity contribution in [2.45, 2.75) is 63.2 Å². The molecule has 1 aromatic carbocycles. The predicted molar refractivity (Wildman–Crippen MR) is 108 cm³/mol. The Morgan fingerprint density at radius 3 is 2.78 bits per heavy atom. The quantitative estimate of drug-likeness (QED) is 0.794.